The van der Waals surface area contributed by atoms with Crippen molar-refractivity contribution in [2.75, 3.05) is 19.3 Å². The molecule has 3 rings (SSSR count). The fraction of sp³-hybridized carbons (Fsp3) is 0.875. The van der Waals surface area contributed by atoms with Crippen LogP contribution < -0.4 is 0 Å². The van der Waals surface area contributed by atoms with Crippen molar-refractivity contribution >= 4 is 21.9 Å². The van der Waals surface area contributed by atoms with E-state index in [4.69, 9.17) is 0 Å². The van der Waals surface area contributed by atoms with Crippen molar-refractivity contribution in [3.8, 4) is 0 Å². The second kappa shape index (κ2) is 6.63. The molecule has 0 bridgehead atoms. The van der Waals surface area contributed by atoms with Crippen LogP contribution in [0.4, 0.5) is 0 Å². The summed E-state index contributed by atoms with van der Waals surface area (Å²) in [5.41, 5.74) is 0. The fourth-order valence-electron chi connectivity index (χ4n) is 4.64. The minimum absolute atomic E-state index is 0.0558. The van der Waals surface area contributed by atoms with E-state index in [1.54, 1.807) is 4.90 Å². The summed E-state index contributed by atoms with van der Waals surface area (Å²) in [5.74, 6) is -0.943. The number of rotatable bonds is 3. The molecule has 3 atom stereocenters. The molecule has 8 heteroatoms. The third-order valence-electron chi connectivity index (χ3n) is 5.90. The molecule has 2 heterocycles. The van der Waals surface area contributed by atoms with Crippen LogP contribution in [0.2, 0.25) is 0 Å². The number of amides is 1. The maximum atomic E-state index is 13.0. The van der Waals surface area contributed by atoms with Crippen molar-refractivity contribution < 1.29 is 23.1 Å². The highest BCUT2D eigenvalue weighted by atomic mass is 32.2. The maximum absolute atomic E-state index is 13.0. The normalized spacial score (nSPS) is 32.5. The number of carboxylic acids is 1. The summed E-state index contributed by atoms with van der Waals surface area (Å²) in [6.45, 7) is 0.684. The topological polar surface area (TPSA) is 95.0 Å². The zero-order valence-corrected chi connectivity index (χ0v) is 14.9. The summed E-state index contributed by atoms with van der Waals surface area (Å²) in [7, 11) is -3.22. The molecule has 1 N–H and O–H groups in total. The van der Waals surface area contributed by atoms with Crippen LogP contribution in [0.15, 0.2) is 0 Å². The SMILES string of the molecule is CS(=O)(=O)N1CCC(C(=O)N2[C@H](C(=O)O)C[C@@H]3CCCC[C@@H]32)CC1. The van der Waals surface area contributed by atoms with Gasteiger partial charge >= 0.3 is 5.97 Å². The molecule has 0 aromatic carbocycles. The molecule has 0 radical (unpaired) electrons. The summed E-state index contributed by atoms with van der Waals surface area (Å²) >= 11 is 0. The number of sulfonamides is 1. The number of piperidine rings is 1. The molecule has 0 aromatic heterocycles. The summed E-state index contributed by atoms with van der Waals surface area (Å²) in [4.78, 5) is 26.3. The first kappa shape index (κ1) is 17.7. The second-order valence-corrected chi connectivity index (χ2v) is 9.37. The molecule has 0 unspecified atom stereocenters. The molecule has 1 aliphatic carbocycles. The molecule has 1 saturated carbocycles. The van der Waals surface area contributed by atoms with Gasteiger partial charge in [0.05, 0.1) is 6.26 Å². The lowest BCUT2D eigenvalue weighted by molar-refractivity contribution is -0.152. The van der Waals surface area contributed by atoms with E-state index >= 15 is 0 Å². The van der Waals surface area contributed by atoms with Crippen LogP contribution in [0.25, 0.3) is 0 Å². The second-order valence-electron chi connectivity index (χ2n) is 7.38. The molecule has 3 fully saturated rings. The molecule has 3 aliphatic rings. The monoisotopic (exact) mass is 358 g/mol. The summed E-state index contributed by atoms with van der Waals surface area (Å²) in [6, 6.07) is -0.654. The van der Waals surface area contributed by atoms with E-state index in [9.17, 15) is 23.1 Å². The lowest BCUT2D eigenvalue weighted by Crippen LogP contribution is -2.51. The van der Waals surface area contributed by atoms with Gasteiger partial charge in [-0.05, 0) is 38.0 Å². The number of aliphatic carboxylic acids is 1. The minimum Gasteiger partial charge on any atom is -0.480 e. The smallest absolute Gasteiger partial charge is 0.326 e. The average molecular weight is 358 g/mol. The van der Waals surface area contributed by atoms with Gasteiger partial charge in [-0.2, -0.15) is 0 Å². The number of hydrogen-bond donors (Lipinski definition) is 1. The standard InChI is InChI=1S/C16H26N2O5S/c1-24(22,23)17-8-6-11(7-9-17)15(19)18-13-5-3-2-4-12(13)10-14(18)16(20)21/h11-14H,2-10H2,1H3,(H,20,21)/t12-,13-,14-/m0/s1. The molecule has 2 saturated heterocycles. The number of likely N-dealkylation sites (tertiary alicyclic amines) is 1. The van der Waals surface area contributed by atoms with Gasteiger partial charge in [0.15, 0.2) is 0 Å². The summed E-state index contributed by atoms with van der Waals surface area (Å²) in [6.07, 6.45) is 6.76. The molecule has 2 aliphatic heterocycles. The summed E-state index contributed by atoms with van der Waals surface area (Å²) < 4.78 is 24.6. The first-order chi connectivity index (χ1) is 11.3. The zero-order chi connectivity index (χ0) is 17.5. The van der Waals surface area contributed by atoms with Crippen LogP contribution in [0.3, 0.4) is 0 Å². The number of carboxylic acid groups (broad SMARTS) is 1. The lowest BCUT2D eigenvalue weighted by atomic mass is 9.84. The van der Waals surface area contributed by atoms with E-state index in [1.807, 2.05) is 0 Å². The largest absolute Gasteiger partial charge is 0.480 e. The predicted molar refractivity (Wildman–Crippen MR) is 87.8 cm³/mol. The van der Waals surface area contributed by atoms with Crippen molar-refractivity contribution in [1.82, 2.24) is 9.21 Å². The summed E-state index contributed by atoms with van der Waals surface area (Å²) in [5, 5.41) is 9.55. The van der Waals surface area contributed by atoms with Crippen molar-refractivity contribution in [2.45, 2.75) is 57.0 Å². The Morgan fingerprint density at radius 3 is 2.25 bits per heavy atom. The third kappa shape index (κ3) is 3.31. The number of carbonyl (C=O) groups excluding carboxylic acids is 1. The molecule has 24 heavy (non-hydrogen) atoms. The van der Waals surface area contributed by atoms with E-state index in [-0.39, 0.29) is 17.9 Å². The Kier molecular flexibility index (Phi) is 4.88. The van der Waals surface area contributed by atoms with Gasteiger partial charge in [0, 0.05) is 25.0 Å². The minimum atomic E-state index is -3.22. The van der Waals surface area contributed by atoms with Crippen LogP contribution in [-0.2, 0) is 19.6 Å². The Labute approximate surface area is 143 Å². The number of hydrogen-bond acceptors (Lipinski definition) is 4. The molecule has 7 nitrogen and oxygen atoms in total. The third-order valence-corrected chi connectivity index (χ3v) is 7.20. The highest BCUT2D eigenvalue weighted by Gasteiger charge is 2.49. The molecular weight excluding hydrogens is 332 g/mol. The van der Waals surface area contributed by atoms with E-state index in [2.05, 4.69) is 0 Å². The maximum Gasteiger partial charge on any atom is 0.326 e. The van der Waals surface area contributed by atoms with Gasteiger partial charge in [-0.25, -0.2) is 17.5 Å². The van der Waals surface area contributed by atoms with Gasteiger partial charge in [-0.15, -0.1) is 0 Å². The van der Waals surface area contributed by atoms with Crippen molar-refractivity contribution in [3.05, 3.63) is 0 Å². The number of carbonyl (C=O) groups is 2. The van der Waals surface area contributed by atoms with Gasteiger partial charge in [-0.3, -0.25) is 4.79 Å². The lowest BCUT2D eigenvalue weighted by Gasteiger charge is -2.37. The number of nitrogens with zero attached hydrogens (tertiary/aromatic N) is 2. The van der Waals surface area contributed by atoms with Crippen LogP contribution in [0, 0.1) is 11.8 Å². The molecule has 1 amide bonds. The van der Waals surface area contributed by atoms with Gasteiger partial charge < -0.3 is 10.0 Å². The highest BCUT2D eigenvalue weighted by Crippen LogP contribution is 2.41. The van der Waals surface area contributed by atoms with Crippen molar-refractivity contribution in [2.24, 2.45) is 11.8 Å². The Morgan fingerprint density at radius 2 is 1.67 bits per heavy atom. The first-order valence-corrected chi connectivity index (χ1v) is 10.6. The Balaban J connectivity index is 1.72. The first-order valence-electron chi connectivity index (χ1n) is 8.79. The predicted octanol–water partition coefficient (Wildman–Crippen LogP) is 0.902. The Bertz CT molecular complexity index is 612. The van der Waals surface area contributed by atoms with E-state index in [0.29, 0.717) is 38.3 Å². The van der Waals surface area contributed by atoms with Crippen LogP contribution in [-0.4, -0.2) is 66.0 Å². The Morgan fingerprint density at radius 1 is 1.04 bits per heavy atom. The van der Waals surface area contributed by atoms with Gasteiger partial charge in [-0.1, -0.05) is 12.8 Å². The fourth-order valence-corrected chi connectivity index (χ4v) is 5.52. The Hall–Kier alpha value is -1.15. The van der Waals surface area contributed by atoms with Crippen molar-refractivity contribution in [1.29, 1.82) is 0 Å². The molecule has 0 spiro atoms. The van der Waals surface area contributed by atoms with Gasteiger partial charge in [0.1, 0.15) is 6.04 Å². The van der Waals surface area contributed by atoms with E-state index in [1.165, 1.54) is 10.6 Å². The highest BCUT2D eigenvalue weighted by molar-refractivity contribution is 7.88. The molecule has 0 aromatic rings. The van der Waals surface area contributed by atoms with Crippen LogP contribution >= 0.6 is 0 Å². The molecular formula is C16H26N2O5S. The van der Waals surface area contributed by atoms with E-state index in [0.717, 1.165) is 25.7 Å². The quantitative estimate of drug-likeness (QED) is 0.809. The van der Waals surface area contributed by atoms with Gasteiger partial charge in [0.2, 0.25) is 15.9 Å². The number of fused-ring (bicyclic) bond motifs is 1. The van der Waals surface area contributed by atoms with E-state index < -0.39 is 22.0 Å². The molecule has 136 valence electrons. The zero-order valence-electron chi connectivity index (χ0n) is 14.1. The van der Waals surface area contributed by atoms with Gasteiger partial charge in [0.25, 0.3) is 0 Å². The van der Waals surface area contributed by atoms with Crippen LogP contribution in [0.1, 0.15) is 44.9 Å². The van der Waals surface area contributed by atoms with Crippen molar-refractivity contribution in [3.63, 3.8) is 0 Å². The van der Waals surface area contributed by atoms with Crippen LogP contribution in [0.5, 0.6) is 0 Å². The average Bonchev–Trinajstić information content (AvgIpc) is 2.93.